The molecule has 0 aliphatic heterocycles. The van der Waals surface area contributed by atoms with E-state index in [0.29, 0.717) is 6.61 Å². The lowest BCUT2D eigenvalue weighted by Crippen LogP contribution is -2.14. The molecule has 5 heteroatoms. The number of Topliss-reactive ketones (excluding diaryl/α,β-unsaturated/α-hetero) is 1. The Hall–Kier alpha value is -3.08. The van der Waals surface area contributed by atoms with Crippen LogP contribution >= 0.6 is 0 Å². The largest absolute Gasteiger partial charge is 0.492 e. The molecule has 0 spiro atoms. The van der Waals surface area contributed by atoms with Crippen molar-refractivity contribution in [3.8, 4) is 5.75 Å². The zero-order valence-corrected chi connectivity index (χ0v) is 13.7. The van der Waals surface area contributed by atoms with Gasteiger partial charge in [-0.25, -0.2) is 4.98 Å². The van der Waals surface area contributed by atoms with Crippen molar-refractivity contribution in [2.75, 3.05) is 6.61 Å². The van der Waals surface area contributed by atoms with E-state index in [1.165, 1.54) is 0 Å². The first kappa shape index (κ1) is 15.4. The van der Waals surface area contributed by atoms with Crippen molar-refractivity contribution in [1.29, 1.82) is 0 Å². The molecule has 4 rings (SSSR count). The number of ketones is 1. The number of benzene rings is 1. The van der Waals surface area contributed by atoms with E-state index in [2.05, 4.69) is 4.98 Å². The molecular formula is C20H18N2O3. The van der Waals surface area contributed by atoms with Gasteiger partial charge in [0.25, 0.3) is 0 Å². The molecule has 0 radical (unpaired) electrons. The maximum absolute atomic E-state index is 12.7. The summed E-state index contributed by atoms with van der Waals surface area (Å²) in [5.41, 5.74) is 3.56. The Labute approximate surface area is 145 Å². The second-order valence-electron chi connectivity index (χ2n) is 6.02. The number of carbonyl (C=O) groups is 1. The number of hydrogen-bond donors (Lipinski definition) is 0. The minimum atomic E-state index is 0.0902. The van der Waals surface area contributed by atoms with Gasteiger partial charge in [0, 0.05) is 29.1 Å². The van der Waals surface area contributed by atoms with Crippen LogP contribution in [0.5, 0.6) is 5.75 Å². The number of hydrogen-bond acceptors (Lipinski definition) is 4. The number of ether oxygens (including phenoxy) is 1. The van der Waals surface area contributed by atoms with Gasteiger partial charge in [0.2, 0.25) is 0 Å². The molecule has 1 aliphatic carbocycles. The van der Waals surface area contributed by atoms with E-state index in [0.717, 1.165) is 47.4 Å². The second-order valence-corrected chi connectivity index (χ2v) is 6.02. The summed E-state index contributed by atoms with van der Waals surface area (Å²) in [5.74, 6) is 0.890. The summed E-state index contributed by atoms with van der Waals surface area (Å²) in [4.78, 5) is 16.7. The van der Waals surface area contributed by atoms with E-state index in [1.807, 2.05) is 41.1 Å². The fourth-order valence-electron chi connectivity index (χ4n) is 3.03. The molecule has 5 nitrogen and oxygen atoms in total. The normalized spacial score (nSPS) is 15.4. The van der Waals surface area contributed by atoms with Crippen LogP contribution in [0, 0.1) is 0 Å². The Morgan fingerprint density at radius 1 is 1.28 bits per heavy atom. The van der Waals surface area contributed by atoms with Crippen LogP contribution in [0.3, 0.4) is 0 Å². The van der Waals surface area contributed by atoms with E-state index >= 15 is 0 Å². The molecule has 2 aromatic heterocycles. The first-order valence-electron chi connectivity index (χ1n) is 8.28. The number of aromatic nitrogens is 2. The molecule has 126 valence electrons. The molecule has 0 N–H and O–H groups in total. The number of imidazole rings is 1. The van der Waals surface area contributed by atoms with Crippen LogP contribution in [-0.2, 0) is 13.0 Å². The van der Waals surface area contributed by atoms with Gasteiger partial charge in [-0.15, -0.1) is 0 Å². The average Bonchev–Trinajstić information content (AvgIpc) is 3.31. The number of carbonyl (C=O) groups excluding carboxylic acids is 1. The third-order valence-electron chi connectivity index (χ3n) is 4.34. The molecule has 0 unspecified atom stereocenters. The van der Waals surface area contributed by atoms with Crippen molar-refractivity contribution >= 4 is 11.9 Å². The van der Waals surface area contributed by atoms with E-state index in [4.69, 9.17) is 9.15 Å². The first-order valence-corrected chi connectivity index (χ1v) is 8.28. The Morgan fingerprint density at radius 2 is 2.24 bits per heavy atom. The van der Waals surface area contributed by atoms with Crippen molar-refractivity contribution in [1.82, 2.24) is 9.55 Å². The Balaban J connectivity index is 1.46. The van der Waals surface area contributed by atoms with Crippen molar-refractivity contribution < 1.29 is 13.9 Å². The van der Waals surface area contributed by atoms with Gasteiger partial charge in [0.1, 0.15) is 12.4 Å². The summed E-state index contributed by atoms with van der Waals surface area (Å²) in [6.45, 7) is 1.31. The molecule has 0 atom stereocenters. The topological polar surface area (TPSA) is 57.3 Å². The minimum Gasteiger partial charge on any atom is -0.492 e. The SMILES string of the molecule is O=C1/C(=C\c2ccoc2)CCc2cc(OCCn3ccnc3)ccc21. The summed E-state index contributed by atoms with van der Waals surface area (Å²) in [5, 5.41) is 0. The van der Waals surface area contributed by atoms with Crippen LogP contribution in [0.4, 0.5) is 0 Å². The van der Waals surface area contributed by atoms with Crippen LogP contribution in [0.25, 0.3) is 6.08 Å². The molecule has 0 fully saturated rings. The Morgan fingerprint density at radius 3 is 3.04 bits per heavy atom. The monoisotopic (exact) mass is 334 g/mol. The molecule has 0 saturated heterocycles. The predicted octanol–water partition coefficient (Wildman–Crippen LogP) is 3.77. The van der Waals surface area contributed by atoms with Crippen LogP contribution < -0.4 is 4.74 Å². The van der Waals surface area contributed by atoms with E-state index in [9.17, 15) is 4.79 Å². The number of fused-ring (bicyclic) bond motifs is 1. The van der Waals surface area contributed by atoms with Gasteiger partial charge in [-0.2, -0.15) is 0 Å². The third-order valence-corrected chi connectivity index (χ3v) is 4.34. The lowest BCUT2D eigenvalue weighted by Gasteiger charge is -2.18. The first-order chi connectivity index (χ1) is 12.3. The van der Waals surface area contributed by atoms with Gasteiger partial charge in [-0.1, -0.05) is 0 Å². The van der Waals surface area contributed by atoms with Gasteiger partial charge in [-0.05, 0) is 48.7 Å². The highest BCUT2D eigenvalue weighted by Gasteiger charge is 2.22. The predicted molar refractivity (Wildman–Crippen MR) is 93.5 cm³/mol. The summed E-state index contributed by atoms with van der Waals surface area (Å²) >= 11 is 0. The van der Waals surface area contributed by atoms with Crippen LogP contribution in [-0.4, -0.2) is 21.9 Å². The average molecular weight is 334 g/mol. The zero-order chi connectivity index (χ0) is 17.1. The van der Waals surface area contributed by atoms with Gasteiger partial charge < -0.3 is 13.7 Å². The minimum absolute atomic E-state index is 0.0902. The molecule has 25 heavy (non-hydrogen) atoms. The molecule has 1 aliphatic rings. The molecule has 1 aromatic carbocycles. The Kier molecular flexibility index (Phi) is 4.21. The number of aryl methyl sites for hydroxylation is 1. The van der Waals surface area contributed by atoms with Gasteiger partial charge in [0.05, 0.1) is 25.4 Å². The summed E-state index contributed by atoms with van der Waals surface area (Å²) in [6, 6.07) is 7.57. The number of furan rings is 1. The van der Waals surface area contributed by atoms with Crippen molar-refractivity contribution in [2.24, 2.45) is 0 Å². The smallest absolute Gasteiger partial charge is 0.189 e. The summed E-state index contributed by atoms with van der Waals surface area (Å²) in [7, 11) is 0. The van der Waals surface area contributed by atoms with Crippen molar-refractivity contribution in [3.63, 3.8) is 0 Å². The van der Waals surface area contributed by atoms with E-state index < -0.39 is 0 Å². The van der Waals surface area contributed by atoms with E-state index in [-0.39, 0.29) is 5.78 Å². The zero-order valence-electron chi connectivity index (χ0n) is 13.7. The third kappa shape index (κ3) is 3.40. The van der Waals surface area contributed by atoms with Gasteiger partial charge in [-0.3, -0.25) is 4.79 Å². The fraction of sp³-hybridized carbons (Fsp3) is 0.200. The molecule has 3 aromatic rings. The second kappa shape index (κ2) is 6.81. The Bertz CT molecular complexity index is 893. The number of allylic oxidation sites excluding steroid dienone is 1. The maximum Gasteiger partial charge on any atom is 0.189 e. The standard InChI is InChI=1S/C20H18N2O3/c23-20-17(11-15-5-9-24-13-15)2-1-16-12-18(3-4-19(16)20)25-10-8-22-7-6-21-14-22/h3-7,9,11-14H,1-2,8,10H2/b17-11-. The highest BCUT2D eigenvalue weighted by atomic mass is 16.5. The van der Waals surface area contributed by atoms with E-state index in [1.54, 1.807) is 25.1 Å². The number of rotatable bonds is 5. The summed E-state index contributed by atoms with van der Waals surface area (Å²) in [6.07, 6.45) is 12.2. The summed E-state index contributed by atoms with van der Waals surface area (Å²) < 4.78 is 12.8. The molecule has 2 heterocycles. The highest BCUT2D eigenvalue weighted by molar-refractivity contribution is 6.13. The lowest BCUT2D eigenvalue weighted by molar-refractivity contribution is 0.102. The van der Waals surface area contributed by atoms with Crippen LogP contribution in [0.2, 0.25) is 0 Å². The van der Waals surface area contributed by atoms with Gasteiger partial charge >= 0.3 is 0 Å². The maximum atomic E-state index is 12.7. The van der Waals surface area contributed by atoms with Crippen molar-refractivity contribution in [2.45, 2.75) is 19.4 Å². The number of nitrogens with zero attached hydrogens (tertiary/aromatic N) is 2. The quantitative estimate of drug-likeness (QED) is 0.667. The van der Waals surface area contributed by atoms with Gasteiger partial charge in [0.15, 0.2) is 5.78 Å². The molecular weight excluding hydrogens is 316 g/mol. The van der Waals surface area contributed by atoms with Crippen LogP contribution in [0.1, 0.15) is 27.9 Å². The molecule has 0 bridgehead atoms. The molecule has 0 amide bonds. The highest BCUT2D eigenvalue weighted by Crippen LogP contribution is 2.29. The molecule has 0 saturated carbocycles. The fourth-order valence-corrected chi connectivity index (χ4v) is 3.03. The van der Waals surface area contributed by atoms with Crippen molar-refractivity contribution in [3.05, 3.63) is 77.8 Å². The van der Waals surface area contributed by atoms with Crippen LogP contribution in [0.15, 0.2) is 65.5 Å². The lowest BCUT2D eigenvalue weighted by atomic mass is 9.86.